The third-order valence-electron chi connectivity index (χ3n) is 6.26. The molecule has 1 fully saturated rings. The van der Waals surface area contributed by atoms with E-state index in [1.54, 1.807) is 12.2 Å². The lowest BCUT2D eigenvalue weighted by Gasteiger charge is -2.35. The summed E-state index contributed by atoms with van der Waals surface area (Å²) in [4.78, 5) is 13.0. The summed E-state index contributed by atoms with van der Waals surface area (Å²) in [6.45, 7) is 11.5. The van der Waals surface area contributed by atoms with Gasteiger partial charge in [-0.2, -0.15) is 0 Å². The van der Waals surface area contributed by atoms with Crippen LogP contribution < -0.4 is 0 Å². The molecule has 2 aromatic rings. The van der Waals surface area contributed by atoms with Gasteiger partial charge in [0.1, 0.15) is 5.57 Å². The Hall–Kier alpha value is -3.24. The van der Waals surface area contributed by atoms with E-state index in [0.717, 1.165) is 11.1 Å². The summed E-state index contributed by atoms with van der Waals surface area (Å²) in [5, 5.41) is 11.9. The van der Waals surface area contributed by atoms with Gasteiger partial charge in [0, 0.05) is 10.6 Å². The maximum atomic E-state index is 13.0. The monoisotopic (exact) mass is 448 g/mol. The summed E-state index contributed by atoms with van der Waals surface area (Å²) in [5.41, 5.74) is 3.07. The van der Waals surface area contributed by atoms with Crippen molar-refractivity contribution >= 4 is 35.3 Å². The quantitative estimate of drug-likeness (QED) is 0.383. The molecule has 1 heterocycles. The predicted molar refractivity (Wildman–Crippen MR) is 129 cm³/mol. The first kappa shape index (κ1) is 22.0. The van der Waals surface area contributed by atoms with Gasteiger partial charge in [-0.1, -0.05) is 55.6 Å². The van der Waals surface area contributed by atoms with Gasteiger partial charge >= 0.3 is 5.97 Å². The number of carbonyl (C=O) groups is 1. The Morgan fingerprint density at radius 1 is 1.03 bits per heavy atom. The molecule has 0 saturated heterocycles. The molecule has 32 heavy (non-hydrogen) atoms. The molecule has 1 N–H and O–H groups in total. The van der Waals surface area contributed by atoms with Crippen LogP contribution in [-0.4, -0.2) is 22.8 Å². The lowest BCUT2D eigenvalue weighted by molar-refractivity contribution is -0.151. The number of aliphatic hydroxyl groups is 1. The average Bonchev–Trinajstić information content (AvgIpc) is 3.04. The lowest BCUT2D eigenvalue weighted by atomic mass is 9.80. The standard InChI is InChI=1S/C27H25ClO4/c1-4-17-15-20(19-7-9-21(28)10-8-19)16-18(5-2)23(17)24-25(29)27(32-26(24)30)13-11-22(12-14-27)31-6-3/h4-10,15-16,22,29H,1-3,11-14H2. The zero-order valence-corrected chi connectivity index (χ0v) is 18.5. The minimum absolute atomic E-state index is 0.0137. The highest BCUT2D eigenvalue weighted by Gasteiger charge is 2.51. The van der Waals surface area contributed by atoms with Crippen molar-refractivity contribution in [3.05, 3.63) is 89.9 Å². The summed E-state index contributed by atoms with van der Waals surface area (Å²) in [6, 6.07) is 11.4. The molecule has 2 aromatic carbocycles. The molecule has 4 nitrogen and oxygen atoms in total. The number of hydrogen-bond donors (Lipinski definition) is 1. The maximum absolute atomic E-state index is 13.0. The molecule has 0 bridgehead atoms. The fraction of sp³-hybridized carbons (Fsp3) is 0.222. The number of aliphatic hydroxyl groups excluding tert-OH is 1. The highest BCUT2D eigenvalue weighted by atomic mass is 35.5. The van der Waals surface area contributed by atoms with Crippen molar-refractivity contribution in [2.75, 3.05) is 0 Å². The van der Waals surface area contributed by atoms with Gasteiger partial charge in [0.25, 0.3) is 0 Å². The summed E-state index contributed by atoms with van der Waals surface area (Å²) in [7, 11) is 0. The van der Waals surface area contributed by atoms with Crippen molar-refractivity contribution < 1.29 is 19.4 Å². The number of carbonyl (C=O) groups excluding carboxylic acids is 1. The number of esters is 1. The second kappa shape index (κ2) is 8.71. The number of hydrogen-bond acceptors (Lipinski definition) is 4. The Morgan fingerprint density at radius 3 is 2.16 bits per heavy atom. The van der Waals surface area contributed by atoms with Gasteiger partial charge in [0.05, 0.1) is 12.4 Å². The Morgan fingerprint density at radius 2 is 1.62 bits per heavy atom. The van der Waals surface area contributed by atoms with Crippen molar-refractivity contribution in [3.8, 4) is 11.1 Å². The van der Waals surface area contributed by atoms with E-state index in [4.69, 9.17) is 21.1 Å². The fourth-order valence-electron chi connectivity index (χ4n) is 4.60. The number of ether oxygens (including phenoxy) is 2. The van der Waals surface area contributed by atoms with Crippen molar-refractivity contribution in [2.24, 2.45) is 0 Å². The van der Waals surface area contributed by atoms with E-state index in [-0.39, 0.29) is 17.4 Å². The molecule has 1 spiro atoms. The van der Waals surface area contributed by atoms with Crippen LogP contribution in [-0.2, 0) is 14.3 Å². The lowest BCUT2D eigenvalue weighted by Crippen LogP contribution is -2.38. The second-order valence-electron chi connectivity index (χ2n) is 8.05. The first-order valence-corrected chi connectivity index (χ1v) is 10.9. The zero-order valence-electron chi connectivity index (χ0n) is 17.8. The van der Waals surface area contributed by atoms with Crippen LogP contribution in [0.15, 0.2) is 68.2 Å². The van der Waals surface area contributed by atoms with Crippen LogP contribution in [0.4, 0.5) is 0 Å². The van der Waals surface area contributed by atoms with Crippen LogP contribution in [0.1, 0.15) is 42.4 Å². The minimum atomic E-state index is -1.01. The van der Waals surface area contributed by atoms with Crippen LogP contribution >= 0.6 is 11.6 Å². The van der Waals surface area contributed by atoms with E-state index in [0.29, 0.717) is 47.4 Å². The third kappa shape index (κ3) is 3.76. The Balaban J connectivity index is 1.80. The Labute approximate surface area is 193 Å². The van der Waals surface area contributed by atoms with E-state index in [9.17, 15) is 9.90 Å². The van der Waals surface area contributed by atoms with Crippen LogP contribution in [0.25, 0.3) is 28.9 Å². The highest BCUT2D eigenvalue weighted by molar-refractivity contribution is 6.30. The zero-order chi connectivity index (χ0) is 22.9. The van der Waals surface area contributed by atoms with E-state index in [2.05, 4.69) is 19.7 Å². The van der Waals surface area contributed by atoms with Crippen molar-refractivity contribution in [1.29, 1.82) is 0 Å². The van der Waals surface area contributed by atoms with Crippen LogP contribution in [0.5, 0.6) is 0 Å². The Bertz CT molecular complexity index is 1090. The first-order valence-electron chi connectivity index (χ1n) is 10.5. The van der Waals surface area contributed by atoms with E-state index in [1.807, 2.05) is 36.4 Å². The van der Waals surface area contributed by atoms with E-state index in [1.165, 1.54) is 6.26 Å². The average molecular weight is 449 g/mol. The van der Waals surface area contributed by atoms with Gasteiger partial charge in [0.2, 0.25) is 0 Å². The van der Waals surface area contributed by atoms with Crippen LogP contribution in [0.2, 0.25) is 5.02 Å². The molecular weight excluding hydrogens is 424 g/mol. The molecule has 1 saturated carbocycles. The summed E-state index contributed by atoms with van der Waals surface area (Å²) in [6.07, 6.45) is 7.09. The third-order valence-corrected chi connectivity index (χ3v) is 6.51. The summed E-state index contributed by atoms with van der Waals surface area (Å²) >= 11 is 6.03. The molecule has 1 aliphatic carbocycles. The van der Waals surface area contributed by atoms with Crippen LogP contribution in [0, 0.1) is 0 Å². The molecule has 0 amide bonds. The van der Waals surface area contributed by atoms with Gasteiger partial charge < -0.3 is 14.6 Å². The van der Waals surface area contributed by atoms with Gasteiger partial charge in [-0.25, -0.2) is 4.79 Å². The molecule has 0 unspecified atom stereocenters. The number of halogens is 1. The largest absolute Gasteiger partial charge is 0.507 e. The maximum Gasteiger partial charge on any atom is 0.343 e. The van der Waals surface area contributed by atoms with Gasteiger partial charge in [0.15, 0.2) is 11.4 Å². The van der Waals surface area contributed by atoms with Gasteiger partial charge in [-0.15, -0.1) is 0 Å². The predicted octanol–water partition coefficient (Wildman–Crippen LogP) is 6.96. The molecule has 0 atom stereocenters. The Kier molecular flexibility index (Phi) is 5.98. The van der Waals surface area contributed by atoms with Gasteiger partial charge in [-0.05, 0) is 72.2 Å². The molecule has 5 heteroatoms. The summed E-state index contributed by atoms with van der Waals surface area (Å²) < 4.78 is 11.3. The molecule has 4 rings (SSSR count). The second-order valence-corrected chi connectivity index (χ2v) is 8.49. The summed E-state index contributed by atoms with van der Waals surface area (Å²) in [5.74, 6) is -0.555. The molecular formula is C27H25ClO4. The van der Waals surface area contributed by atoms with Crippen molar-refractivity contribution in [1.82, 2.24) is 0 Å². The molecule has 2 aliphatic rings. The first-order chi connectivity index (χ1) is 15.4. The highest BCUT2D eigenvalue weighted by Crippen LogP contribution is 2.47. The normalized spacial score (nSPS) is 22.5. The van der Waals surface area contributed by atoms with E-state index >= 15 is 0 Å². The van der Waals surface area contributed by atoms with E-state index < -0.39 is 11.6 Å². The van der Waals surface area contributed by atoms with Crippen LogP contribution in [0.3, 0.4) is 0 Å². The van der Waals surface area contributed by atoms with Gasteiger partial charge in [-0.3, -0.25) is 0 Å². The fourth-order valence-corrected chi connectivity index (χ4v) is 4.72. The molecule has 164 valence electrons. The van der Waals surface area contributed by atoms with Crippen molar-refractivity contribution in [3.63, 3.8) is 0 Å². The smallest absolute Gasteiger partial charge is 0.343 e. The number of rotatable bonds is 6. The topological polar surface area (TPSA) is 55.8 Å². The molecule has 1 aliphatic heterocycles. The SMILES string of the molecule is C=COC1CCC2(CC1)OC(=O)C(c1c(C=C)cc(-c3ccc(Cl)cc3)cc1C=C)=C2O. The number of benzene rings is 2. The van der Waals surface area contributed by atoms with Crippen molar-refractivity contribution in [2.45, 2.75) is 37.4 Å². The molecule has 0 radical (unpaired) electrons. The minimum Gasteiger partial charge on any atom is -0.507 e. The molecule has 0 aromatic heterocycles.